The summed E-state index contributed by atoms with van der Waals surface area (Å²) >= 11 is 13.1. The van der Waals surface area contributed by atoms with E-state index in [1.165, 1.54) is 6.20 Å². The van der Waals surface area contributed by atoms with Crippen LogP contribution in [0.5, 0.6) is 0 Å². The quantitative estimate of drug-likeness (QED) is 0.477. The molecule has 1 atom stereocenters. The van der Waals surface area contributed by atoms with Gasteiger partial charge in [-0.2, -0.15) is 5.10 Å². The molecule has 11 heteroatoms. The lowest BCUT2D eigenvalue weighted by Gasteiger charge is -2.29. The van der Waals surface area contributed by atoms with E-state index in [0.717, 1.165) is 54.5 Å². The fourth-order valence-corrected chi connectivity index (χ4v) is 4.40. The monoisotopic (exact) mass is 486 g/mol. The molecule has 0 saturated carbocycles. The van der Waals surface area contributed by atoms with Crippen LogP contribution in [0.3, 0.4) is 0 Å². The molecular formula is C20H24Cl2N4O4S. The number of halogens is 2. The summed E-state index contributed by atoms with van der Waals surface area (Å²) in [5, 5.41) is 13.5. The number of carbonyl (C=O) groups is 2. The van der Waals surface area contributed by atoms with E-state index in [9.17, 15) is 14.4 Å². The number of aryl methyl sites for hydroxylation is 1. The highest BCUT2D eigenvalue weighted by molar-refractivity contribution is 7.97. The van der Waals surface area contributed by atoms with Gasteiger partial charge in [0.2, 0.25) is 5.91 Å². The number of rotatable bonds is 6. The molecule has 3 rings (SSSR count). The first-order chi connectivity index (χ1) is 14.9. The van der Waals surface area contributed by atoms with E-state index in [2.05, 4.69) is 14.7 Å². The van der Waals surface area contributed by atoms with E-state index < -0.39 is 11.5 Å². The number of hydrogen-bond acceptors (Lipinski definition) is 7. The van der Waals surface area contributed by atoms with Crippen molar-refractivity contribution in [2.24, 2.45) is 5.92 Å². The van der Waals surface area contributed by atoms with Crippen LogP contribution in [-0.4, -0.2) is 51.6 Å². The van der Waals surface area contributed by atoms with Crippen LogP contribution in [-0.2, 0) is 16.1 Å². The SMILES string of the molecule is CO.Cc1ccc(NC(=O)Cn2ncc(Cl)c(Cl)c2=O)cc1SN1CCCC(C=O)C1. The Kier molecular flexibility index (Phi) is 9.98. The number of amides is 1. The molecule has 2 N–H and O–H groups in total. The van der Waals surface area contributed by atoms with Gasteiger partial charge < -0.3 is 15.2 Å². The minimum atomic E-state index is -0.621. The molecule has 0 radical (unpaired) electrons. The molecular weight excluding hydrogens is 463 g/mol. The summed E-state index contributed by atoms with van der Waals surface area (Å²) in [6.45, 7) is 3.35. The van der Waals surface area contributed by atoms with Gasteiger partial charge in [0.15, 0.2) is 0 Å². The van der Waals surface area contributed by atoms with Gasteiger partial charge in [-0.25, -0.2) is 8.99 Å². The molecule has 31 heavy (non-hydrogen) atoms. The number of nitrogens with zero attached hydrogens (tertiary/aromatic N) is 3. The highest BCUT2D eigenvalue weighted by Gasteiger charge is 2.21. The molecule has 1 amide bonds. The van der Waals surface area contributed by atoms with E-state index in [4.69, 9.17) is 28.3 Å². The number of anilines is 1. The Morgan fingerprint density at radius 1 is 1.39 bits per heavy atom. The number of piperidine rings is 1. The summed E-state index contributed by atoms with van der Waals surface area (Å²) < 4.78 is 3.14. The van der Waals surface area contributed by atoms with Crippen molar-refractivity contribution in [3.05, 3.63) is 50.4 Å². The van der Waals surface area contributed by atoms with Gasteiger partial charge in [-0.15, -0.1) is 0 Å². The third kappa shape index (κ3) is 7.05. The number of benzene rings is 1. The molecule has 168 valence electrons. The maximum atomic E-state index is 12.4. The summed E-state index contributed by atoms with van der Waals surface area (Å²) in [6, 6.07) is 5.60. The van der Waals surface area contributed by atoms with Crippen LogP contribution in [0.15, 0.2) is 34.1 Å². The predicted molar refractivity (Wildman–Crippen MR) is 123 cm³/mol. The van der Waals surface area contributed by atoms with Crippen molar-refractivity contribution in [2.75, 3.05) is 25.5 Å². The standard InChI is InChI=1S/C19H20Cl2N4O3S.CH4O/c1-12-4-5-14(7-16(12)29-24-6-2-3-13(9-24)11-26)23-17(27)10-25-19(28)18(21)15(20)8-22-25;1-2/h4-5,7-8,11,13H,2-3,6,9-10H2,1H3,(H,23,27);2H,1H3. The molecule has 0 bridgehead atoms. The average molecular weight is 487 g/mol. The fraction of sp³-hybridized carbons (Fsp3) is 0.400. The van der Waals surface area contributed by atoms with Crippen molar-refractivity contribution < 1.29 is 14.7 Å². The molecule has 1 aromatic carbocycles. The van der Waals surface area contributed by atoms with Gasteiger partial charge in [-0.05, 0) is 49.4 Å². The van der Waals surface area contributed by atoms with Gasteiger partial charge in [-0.3, -0.25) is 9.59 Å². The first-order valence-electron chi connectivity index (χ1n) is 9.52. The maximum absolute atomic E-state index is 12.4. The summed E-state index contributed by atoms with van der Waals surface area (Å²) in [5.41, 5.74) is 1.06. The first-order valence-corrected chi connectivity index (χ1v) is 11.0. The molecule has 2 aromatic rings. The Morgan fingerprint density at radius 2 is 2.13 bits per heavy atom. The minimum absolute atomic E-state index is 0.0445. The molecule has 1 aromatic heterocycles. The largest absolute Gasteiger partial charge is 0.400 e. The van der Waals surface area contributed by atoms with Crippen LogP contribution in [0, 0.1) is 12.8 Å². The smallest absolute Gasteiger partial charge is 0.287 e. The van der Waals surface area contributed by atoms with Gasteiger partial charge >= 0.3 is 0 Å². The van der Waals surface area contributed by atoms with Gasteiger partial charge in [0.1, 0.15) is 17.9 Å². The number of hydrogen-bond donors (Lipinski definition) is 2. The molecule has 0 spiro atoms. The Hall–Kier alpha value is -1.91. The van der Waals surface area contributed by atoms with E-state index in [0.29, 0.717) is 5.69 Å². The number of aromatic nitrogens is 2. The number of aliphatic hydroxyl groups excluding tert-OH is 1. The van der Waals surface area contributed by atoms with Crippen molar-refractivity contribution in [1.29, 1.82) is 0 Å². The van der Waals surface area contributed by atoms with Crippen LogP contribution in [0.1, 0.15) is 18.4 Å². The zero-order valence-corrected chi connectivity index (χ0v) is 19.5. The van der Waals surface area contributed by atoms with Crippen molar-refractivity contribution in [3.63, 3.8) is 0 Å². The van der Waals surface area contributed by atoms with Crippen molar-refractivity contribution in [3.8, 4) is 0 Å². The average Bonchev–Trinajstić information content (AvgIpc) is 2.78. The summed E-state index contributed by atoms with van der Waals surface area (Å²) in [5.74, 6) is -0.340. The second-order valence-corrected chi connectivity index (χ2v) is 8.74. The summed E-state index contributed by atoms with van der Waals surface area (Å²) in [4.78, 5) is 36.5. The lowest BCUT2D eigenvalue weighted by atomic mass is 10.0. The Bertz CT molecular complexity index is 986. The van der Waals surface area contributed by atoms with Gasteiger partial charge in [0.05, 0.1) is 11.2 Å². The van der Waals surface area contributed by atoms with E-state index in [-0.39, 0.29) is 22.5 Å². The number of aldehydes is 1. The Morgan fingerprint density at radius 3 is 2.84 bits per heavy atom. The topological polar surface area (TPSA) is 105 Å². The Balaban J connectivity index is 0.00000166. The molecule has 1 aliphatic rings. The summed E-state index contributed by atoms with van der Waals surface area (Å²) in [6.07, 6.45) is 4.16. The second kappa shape index (κ2) is 12.2. The molecule has 1 fully saturated rings. The lowest BCUT2D eigenvalue weighted by Crippen LogP contribution is -2.31. The zero-order valence-electron chi connectivity index (χ0n) is 17.2. The van der Waals surface area contributed by atoms with Crippen LogP contribution in [0.4, 0.5) is 5.69 Å². The van der Waals surface area contributed by atoms with E-state index in [1.54, 1.807) is 18.0 Å². The summed E-state index contributed by atoms with van der Waals surface area (Å²) in [7, 11) is 1.00. The minimum Gasteiger partial charge on any atom is -0.400 e. The van der Waals surface area contributed by atoms with Crippen LogP contribution in [0.2, 0.25) is 10.0 Å². The molecule has 8 nitrogen and oxygen atoms in total. The molecule has 0 aliphatic carbocycles. The molecule has 1 aliphatic heterocycles. The number of aliphatic hydroxyl groups is 1. The Labute approximate surface area is 194 Å². The zero-order chi connectivity index (χ0) is 23.0. The number of carbonyl (C=O) groups excluding carboxylic acids is 2. The lowest BCUT2D eigenvalue weighted by molar-refractivity contribution is -0.117. The van der Waals surface area contributed by atoms with Gasteiger partial charge in [-0.1, -0.05) is 29.3 Å². The van der Waals surface area contributed by atoms with Gasteiger partial charge in [0, 0.05) is 36.7 Å². The molecule has 2 heterocycles. The van der Waals surface area contributed by atoms with Crippen LogP contribution >= 0.6 is 35.1 Å². The van der Waals surface area contributed by atoms with Crippen molar-refractivity contribution in [2.45, 2.75) is 31.2 Å². The molecule has 1 unspecified atom stereocenters. The fourth-order valence-electron chi connectivity index (χ4n) is 2.98. The van der Waals surface area contributed by atoms with Crippen LogP contribution in [0.25, 0.3) is 0 Å². The third-order valence-corrected chi connectivity index (χ3v) is 6.52. The maximum Gasteiger partial charge on any atom is 0.287 e. The third-order valence-electron chi connectivity index (χ3n) is 4.55. The first kappa shape index (κ1) is 25.4. The van der Waals surface area contributed by atoms with Crippen molar-refractivity contribution >= 4 is 53.0 Å². The highest BCUT2D eigenvalue weighted by Crippen LogP contribution is 2.31. The van der Waals surface area contributed by atoms with Crippen molar-refractivity contribution in [1.82, 2.24) is 14.1 Å². The predicted octanol–water partition coefficient (Wildman–Crippen LogP) is 3.02. The number of nitrogens with one attached hydrogen (secondary N) is 1. The van der Waals surface area contributed by atoms with E-state index in [1.807, 2.05) is 19.1 Å². The van der Waals surface area contributed by atoms with Gasteiger partial charge in [0.25, 0.3) is 5.56 Å². The normalized spacial score (nSPS) is 16.2. The van der Waals surface area contributed by atoms with E-state index >= 15 is 0 Å². The van der Waals surface area contributed by atoms with Crippen LogP contribution < -0.4 is 10.9 Å². The second-order valence-electron chi connectivity index (χ2n) is 6.82. The highest BCUT2D eigenvalue weighted by atomic mass is 35.5. The molecule has 1 saturated heterocycles.